The molecule has 86 valence electrons. The molecule has 0 aromatic carbocycles. The lowest BCUT2D eigenvalue weighted by Crippen LogP contribution is -2.37. The van der Waals surface area contributed by atoms with E-state index >= 15 is 0 Å². The number of nitrogens with one attached hydrogen (secondary N) is 1. The quantitative estimate of drug-likeness (QED) is 0.519. The first-order valence-corrected chi connectivity index (χ1v) is 6.56. The van der Waals surface area contributed by atoms with Gasteiger partial charge in [0.15, 0.2) is 0 Å². The van der Waals surface area contributed by atoms with E-state index in [0.29, 0.717) is 19.6 Å². The minimum absolute atomic E-state index is 0.00723. The molecule has 0 spiro atoms. The molecule has 2 N–H and O–H groups in total. The highest BCUT2D eigenvalue weighted by molar-refractivity contribution is 7.90. The van der Waals surface area contributed by atoms with Crippen LogP contribution >= 0.6 is 0 Å². The monoisotopic (exact) mass is 225 g/mol. The van der Waals surface area contributed by atoms with Gasteiger partial charge in [0.2, 0.25) is 0 Å². The molecule has 0 aliphatic rings. The van der Waals surface area contributed by atoms with Gasteiger partial charge in [-0.3, -0.25) is 0 Å². The molecule has 0 saturated carbocycles. The smallest absolute Gasteiger partial charge is 0.147 e. The summed E-state index contributed by atoms with van der Waals surface area (Å²) in [6.07, 6.45) is 1.77. The third-order valence-corrected chi connectivity index (χ3v) is 2.74. The van der Waals surface area contributed by atoms with Gasteiger partial charge in [0, 0.05) is 13.4 Å². The Morgan fingerprint density at radius 3 is 2.57 bits per heavy atom. The molecule has 1 atom stereocenters. The van der Waals surface area contributed by atoms with Crippen LogP contribution in [0.25, 0.3) is 0 Å². The fraction of sp³-hybridized carbons (Fsp3) is 1.00. The molecule has 0 fully saturated rings. The second-order valence-electron chi connectivity index (χ2n) is 3.27. The Bertz CT molecular complexity index is 227. The zero-order valence-electron chi connectivity index (χ0n) is 8.69. The van der Waals surface area contributed by atoms with Crippen molar-refractivity contribution >= 4 is 9.84 Å². The van der Waals surface area contributed by atoms with Gasteiger partial charge in [-0.1, -0.05) is 0 Å². The van der Waals surface area contributed by atoms with E-state index in [4.69, 9.17) is 9.84 Å². The number of sulfone groups is 1. The molecular weight excluding hydrogens is 206 g/mol. The average molecular weight is 225 g/mol. The summed E-state index contributed by atoms with van der Waals surface area (Å²) in [6.45, 7) is 0.990. The van der Waals surface area contributed by atoms with Gasteiger partial charge in [-0.25, -0.2) is 8.42 Å². The predicted molar refractivity (Wildman–Crippen MR) is 55.1 cm³/mol. The number of hydrogen-bond donors (Lipinski definition) is 2. The van der Waals surface area contributed by atoms with Gasteiger partial charge in [0.25, 0.3) is 0 Å². The van der Waals surface area contributed by atoms with Crippen molar-refractivity contribution in [2.75, 3.05) is 38.9 Å². The van der Waals surface area contributed by atoms with Crippen molar-refractivity contribution in [3.8, 4) is 0 Å². The highest BCUT2D eigenvalue weighted by Gasteiger charge is 2.06. The van der Waals surface area contributed by atoms with E-state index < -0.39 is 9.84 Å². The topological polar surface area (TPSA) is 75.6 Å². The van der Waals surface area contributed by atoms with Crippen LogP contribution in [0.5, 0.6) is 0 Å². The SMILES string of the molecule is COCC(CO)NCCCS(C)(=O)=O. The molecule has 1 unspecified atom stereocenters. The van der Waals surface area contributed by atoms with E-state index in [-0.39, 0.29) is 18.4 Å². The van der Waals surface area contributed by atoms with Crippen molar-refractivity contribution in [3.63, 3.8) is 0 Å². The number of aliphatic hydroxyl groups is 1. The van der Waals surface area contributed by atoms with E-state index in [1.54, 1.807) is 7.11 Å². The van der Waals surface area contributed by atoms with Crippen molar-refractivity contribution < 1.29 is 18.3 Å². The molecule has 0 amide bonds. The molecule has 0 saturated heterocycles. The summed E-state index contributed by atoms with van der Waals surface area (Å²) >= 11 is 0. The van der Waals surface area contributed by atoms with E-state index in [0.717, 1.165) is 0 Å². The summed E-state index contributed by atoms with van der Waals surface area (Å²) in [5.74, 6) is 0.172. The summed E-state index contributed by atoms with van der Waals surface area (Å²) in [5, 5.41) is 11.9. The third kappa shape index (κ3) is 8.43. The van der Waals surface area contributed by atoms with Crippen LogP contribution in [0.2, 0.25) is 0 Å². The van der Waals surface area contributed by atoms with E-state index in [1.807, 2.05) is 0 Å². The minimum Gasteiger partial charge on any atom is -0.395 e. The zero-order chi connectivity index (χ0) is 11.0. The first-order valence-electron chi connectivity index (χ1n) is 4.50. The maximum absolute atomic E-state index is 10.8. The fourth-order valence-electron chi connectivity index (χ4n) is 1.02. The molecule has 0 bridgehead atoms. The van der Waals surface area contributed by atoms with Crippen LogP contribution in [-0.4, -0.2) is 58.4 Å². The van der Waals surface area contributed by atoms with E-state index in [9.17, 15) is 8.42 Å². The Hall–Kier alpha value is -0.170. The highest BCUT2D eigenvalue weighted by atomic mass is 32.2. The molecular formula is C8H19NO4S. The molecule has 0 aromatic heterocycles. The molecule has 0 aliphatic carbocycles. The second kappa shape index (κ2) is 7.17. The van der Waals surface area contributed by atoms with E-state index in [2.05, 4.69) is 5.32 Å². The van der Waals surface area contributed by atoms with Crippen LogP contribution in [0, 0.1) is 0 Å². The standard InChI is InChI=1S/C8H19NO4S/c1-13-7-8(6-10)9-4-3-5-14(2,11)12/h8-10H,3-7H2,1-2H3. The normalized spacial score (nSPS) is 14.2. The van der Waals surface area contributed by atoms with Crippen LogP contribution in [-0.2, 0) is 14.6 Å². The van der Waals surface area contributed by atoms with Crippen LogP contribution in [0.3, 0.4) is 0 Å². The van der Waals surface area contributed by atoms with Gasteiger partial charge in [-0.2, -0.15) is 0 Å². The van der Waals surface area contributed by atoms with Crippen LogP contribution in [0.1, 0.15) is 6.42 Å². The fourth-order valence-corrected chi connectivity index (χ4v) is 1.69. The summed E-state index contributed by atoms with van der Waals surface area (Å²) in [7, 11) is -1.32. The number of rotatable bonds is 8. The lowest BCUT2D eigenvalue weighted by atomic mass is 10.3. The Morgan fingerprint density at radius 2 is 2.14 bits per heavy atom. The minimum atomic E-state index is -2.87. The Kier molecular flexibility index (Phi) is 7.08. The van der Waals surface area contributed by atoms with E-state index in [1.165, 1.54) is 6.26 Å². The maximum atomic E-state index is 10.8. The number of methoxy groups -OCH3 is 1. The first-order chi connectivity index (χ1) is 6.49. The number of ether oxygens (including phenoxy) is 1. The molecule has 0 rings (SSSR count). The molecule has 0 radical (unpaired) electrons. The highest BCUT2D eigenvalue weighted by Crippen LogP contribution is 1.89. The molecule has 5 nitrogen and oxygen atoms in total. The molecule has 0 aromatic rings. The van der Waals surface area contributed by atoms with Crippen molar-refractivity contribution in [3.05, 3.63) is 0 Å². The third-order valence-electron chi connectivity index (χ3n) is 1.71. The first kappa shape index (κ1) is 13.8. The lowest BCUT2D eigenvalue weighted by molar-refractivity contribution is 0.129. The number of aliphatic hydroxyl groups excluding tert-OH is 1. The molecule has 6 heteroatoms. The Labute approximate surface area is 85.4 Å². The van der Waals surface area contributed by atoms with Gasteiger partial charge in [-0.05, 0) is 13.0 Å². The average Bonchev–Trinajstić information content (AvgIpc) is 2.08. The predicted octanol–water partition coefficient (Wildman–Crippen LogP) is -0.982. The maximum Gasteiger partial charge on any atom is 0.147 e. The van der Waals surface area contributed by atoms with Gasteiger partial charge < -0.3 is 15.2 Å². The van der Waals surface area contributed by atoms with Crippen molar-refractivity contribution in [2.45, 2.75) is 12.5 Å². The Balaban J connectivity index is 3.52. The molecule has 0 aliphatic heterocycles. The van der Waals surface area contributed by atoms with Crippen molar-refractivity contribution in [1.82, 2.24) is 5.32 Å². The molecule has 0 heterocycles. The molecule has 14 heavy (non-hydrogen) atoms. The zero-order valence-corrected chi connectivity index (χ0v) is 9.51. The summed E-state index contributed by atoms with van der Waals surface area (Å²) in [5.41, 5.74) is 0. The van der Waals surface area contributed by atoms with Gasteiger partial charge >= 0.3 is 0 Å². The second-order valence-corrected chi connectivity index (χ2v) is 5.53. The van der Waals surface area contributed by atoms with Crippen LogP contribution < -0.4 is 5.32 Å². The summed E-state index contributed by atoms with van der Waals surface area (Å²) in [4.78, 5) is 0. The Morgan fingerprint density at radius 1 is 1.50 bits per heavy atom. The van der Waals surface area contributed by atoms with Gasteiger partial charge in [0.05, 0.1) is 25.0 Å². The van der Waals surface area contributed by atoms with Crippen LogP contribution in [0.15, 0.2) is 0 Å². The summed E-state index contributed by atoms with van der Waals surface area (Å²) in [6, 6.07) is -0.112. The van der Waals surface area contributed by atoms with Gasteiger partial charge in [0.1, 0.15) is 9.84 Å². The lowest BCUT2D eigenvalue weighted by Gasteiger charge is -2.14. The largest absolute Gasteiger partial charge is 0.395 e. The van der Waals surface area contributed by atoms with Crippen molar-refractivity contribution in [2.24, 2.45) is 0 Å². The van der Waals surface area contributed by atoms with Crippen molar-refractivity contribution in [1.29, 1.82) is 0 Å². The van der Waals surface area contributed by atoms with Gasteiger partial charge in [-0.15, -0.1) is 0 Å². The van der Waals surface area contributed by atoms with Crippen LogP contribution in [0.4, 0.5) is 0 Å². The summed E-state index contributed by atoms with van der Waals surface area (Å²) < 4.78 is 26.4. The number of hydrogen-bond acceptors (Lipinski definition) is 5.